The Morgan fingerprint density at radius 2 is 2.08 bits per heavy atom. The van der Waals surface area contributed by atoms with Crippen LogP contribution < -0.4 is 25.3 Å². The van der Waals surface area contributed by atoms with Crippen molar-refractivity contribution in [1.82, 2.24) is 5.32 Å². The van der Waals surface area contributed by atoms with E-state index in [0.29, 0.717) is 30.0 Å². The van der Waals surface area contributed by atoms with Crippen molar-refractivity contribution in [1.29, 1.82) is 0 Å². The van der Waals surface area contributed by atoms with Gasteiger partial charge in [-0.25, -0.2) is 0 Å². The van der Waals surface area contributed by atoms with E-state index in [4.69, 9.17) is 19.9 Å². The number of rotatable bonds is 6. The van der Waals surface area contributed by atoms with Gasteiger partial charge in [0.05, 0.1) is 6.10 Å². The summed E-state index contributed by atoms with van der Waals surface area (Å²) >= 11 is 0. The third-order valence-electron chi connectivity index (χ3n) is 3.89. The van der Waals surface area contributed by atoms with Gasteiger partial charge in [-0.1, -0.05) is 0 Å². The predicted molar refractivity (Wildman–Crippen MR) is 78.0 cm³/mol. The van der Waals surface area contributed by atoms with Crippen LogP contribution in [-0.4, -0.2) is 38.1 Å². The van der Waals surface area contributed by atoms with Gasteiger partial charge in [-0.2, -0.15) is 8.78 Å². The smallest absolute Gasteiger partial charge is 0.387 e. The molecule has 3 N–H and O–H groups in total. The molecule has 0 bridgehead atoms. The van der Waals surface area contributed by atoms with Crippen LogP contribution in [0.15, 0.2) is 12.1 Å². The first-order chi connectivity index (χ1) is 11.6. The summed E-state index contributed by atoms with van der Waals surface area (Å²) < 4.78 is 45.5. The van der Waals surface area contributed by atoms with Crippen molar-refractivity contribution in [3.8, 4) is 17.2 Å². The molecule has 0 saturated carbocycles. The van der Waals surface area contributed by atoms with Crippen molar-refractivity contribution >= 4 is 5.91 Å². The Morgan fingerprint density at radius 1 is 1.33 bits per heavy atom. The average Bonchev–Trinajstić information content (AvgIpc) is 3.20. The second kappa shape index (κ2) is 7.18. The fraction of sp³-hybridized carbons (Fsp3) is 0.533. The number of ether oxygens (including phenoxy) is 4. The Hall–Kier alpha value is -2.13. The molecule has 2 atom stereocenters. The number of halogens is 2. The molecular formula is C15H18F2N2O5. The topological polar surface area (TPSA) is 92.0 Å². The monoisotopic (exact) mass is 344 g/mol. The number of nitrogens with one attached hydrogen (secondary N) is 1. The maximum Gasteiger partial charge on any atom is 0.387 e. The zero-order chi connectivity index (χ0) is 17.1. The molecule has 1 fully saturated rings. The first-order valence-electron chi connectivity index (χ1n) is 7.57. The van der Waals surface area contributed by atoms with Crippen LogP contribution in [0.3, 0.4) is 0 Å². The summed E-state index contributed by atoms with van der Waals surface area (Å²) in [5.74, 6) is 0.361. The molecule has 1 saturated heterocycles. The Bertz CT molecular complexity index is 614. The molecule has 1 aromatic rings. The van der Waals surface area contributed by atoms with Crippen molar-refractivity contribution in [3.63, 3.8) is 0 Å². The summed E-state index contributed by atoms with van der Waals surface area (Å²) in [7, 11) is 0. The molecule has 0 aliphatic carbocycles. The van der Waals surface area contributed by atoms with Crippen molar-refractivity contribution in [2.75, 3.05) is 13.3 Å². The summed E-state index contributed by atoms with van der Waals surface area (Å²) in [6.07, 6.45) is 0.601. The highest BCUT2D eigenvalue weighted by atomic mass is 19.3. The Balaban J connectivity index is 1.66. The fourth-order valence-electron chi connectivity index (χ4n) is 2.68. The fourth-order valence-corrected chi connectivity index (χ4v) is 2.68. The first kappa shape index (κ1) is 16.7. The number of amides is 1. The van der Waals surface area contributed by atoms with Crippen LogP contribution in [0.1, 0.15) is 18.4 Å². The quantitative estimate of drug-likeness (QED) is 0.804. The van der Waals surface area contributed by atoms with Crippen molar-refractivity contribution in [2.45, 2.75) is 38.2 Å². The number of hydrogen-bond donors (Lipinski definition) is 2. The highest BCUT2D eigenvalue weighted by molar-refractivity contribution is 5.81. The van der Waals surface area contributed by atoms with E-state index in [2.05, 4.69) is 10.1 Å². The molecule has 3 rings (SSSR count). The molecule has 2 heterocycles. The van der Waals surface area contributed by atoms with Gasteiger partial charge in [0.15, 0.2) is 11.5 Å². The van der Waals surface area contributed by atoms with E-state index in [-0.39, 0.29) is 31.1 Å². The van der Waals surface area contributed by atoms with Gasteiger partial charge in [0.25, 0.3) is 0 Å². The third-order valence-corrected chi connectivity index (χ3v) is 3.89. The SMILES string of the molecule is NC[C@H]1CC[C@@H](C(=O)NCc2cc3c(cc2OC(F)F)OCO3)O1. The molecule has 7 nitrogen and oxygen atoms in total. The van der Waals surface area contributed by atoms with E-state index in [0.717, 1.165) is 6.42 Å². The van der Waals surface area contributed by atoms with E-state index >= 15 is 0 Å². The molecule has 0 radical (unpaired) electrons. The molecule has 9 heteroatoms. The van der Waals surface area contributed by atoms with Crippen LogP contribution in [0.2, 0.25) is 0 Å². The van der Waals surface area contributed by atoms with Crippen LogP contribution in [0.4, 0.5) is 8.78 Å². The summed E-state index contributed by atoms with van der Waals surface area (Å²) in [6.45, 7) is -2.61. The van der Waals surface area contributed by atoms with Gasteiger partial charge >= 0.3 is 6.61 Å². The minimum absolute atomic E-state index is 0.00464. The molecule has 2 aliphatic rings. The number of nitrogens with two attached hydrogens (primary N) is 1. The van der Waals surface area contributed by atoms with Gasteiger partial charge in [0.1, 0.15) is 11.9 Å². The second-order valence-electron chi connectivity index (χ2n) is 5.47. The van der Waals surface area contributed by atoms with Crippen molar-refractivity contribution < 1.29 is 32.5 Å². The Morgan fingerprint density at radius 3 is 2.75 bits per heavy atom. The highest BCUT2D eigenvalue weighted by Gasteiger charge is 2.30. The van der Waals surface area contributed by atoms with Crippen molar-refractivity contribution in [3.05, 3.63) is 17.7 Å². The molecule has 1 aromatic carbocycles. The number of carbonyl (C=O) groups excluding carboxylic acids is 1. The van der Waals surface area contributed by atoms with E-state index in [9.17, 15) is 13.6 Å². The van der Waals surface area contributed by atoms with Crippen LogP contribution in [0.5, 0.6) is 17.2 Å². The van der Waals surface area contributed by atoms with E-state index < -0.39 is 12.7 Å². The molecule has 1 amide bonds. The lowest BCUT2D eigenvalue weighted by atomic mass is 10.1. The zero-order valence-corrected chi connectivity index (χ0v) is 12.8. The minimum atomic E-state index is -2.98. The van der Waals surface area contributed by atoms with Gasteiger partial charge in [-0.05, 0) is 18.9 Å². The molecule has 24 heavy (non-hydrogen) atoms. The highest BCUT2D eigenvalue weighted by Crippen LogP contribution is 2.38. The van der Waals surface area contributed by atoms with E-state index in [1.54, 1.807) is 0 Å². The number of carbonyl (C=O) groups is 1. The largest absolute Gasteiger partial charge is 0.454 e. The van der Waals surface area contributed by atoms with E-state index in [1.165, 1.54) is 12.1 Å². The van der Waals surface area contributed by atoms with Gasteiger partial charge < -0.3 is 30.0 Å². The lowest BCUT2D eigenvalue weighted by Gasteiger charge is -2.15. The summed E-state index contributed by atoms with van der Waals surface area (Å²) in [4.78, 5) is 12.1. The molecular weight excluding hydrogens is 326 g/mol. The van der Waals surface area contributed by atoms with Gasteiger partial charge in [0.2, 0.25) is 12.7 Å². The zero-order valence-electron chi connectivity index (χ0n) is 12.8. The summed E-state index contributed by atoms with van der Waals surface area (Å²) in [5, 5.41) is 2.66. The first-order valence-corrected chi connectivity index (χ1v) is 7.57. The van der Waals surface area contributed by atoms with Gasteiger partial charge in [-0.15, -0.1) is 0 Å². The number of hydrogen-bond acceptors (Lipinski definition) is 6. The van der Waals surface area contributed by atoms with Crippen LogP contribution in [0.25, 0.3) is 0 Å². The number of alkyl halides is 2. The van der Waals surface area contributed by atoms with E-state index in [1.807, 2.05) is 0 Å². The number of benzene rings is 1. The maximum absolute atomic E-state index is 12.6. The summed E-state index contributed by atoms with van der Waals surface area (Å²) in [6, 6.07) is 2.84. The Kier molecular flexibility index (Phi) is 5.00. The maximum atomic E-state index is 12.6. The lowest BCUT2D eigenvalue weighted by molar-refractivity contribution is -0.132. The molecule has 2 aliphatic heterocycles. The standard InChI is InChI=1S/C15H18F2N2O5/c16-15(17)24-11-4-13-12(21-7-22-13)3-8(11)6-19-14(20)10-2-1-9(5-18)23-10/h3-4,9-10,15H,1-2,5-7,18H2,(H,19,20)/t9-,10+/m1/s1. The lowest BCUT2D eigenvalue weighted by Crippen LogP contribution is -2.35. The minimum Gasteiger partial charge on any atom is -0.454 e. The summed E-state index contributed by atoms with van der Waals surface area (Å²) in [5.41, 5.74) is 5.87. The second-order valence-corrected chi connectivity index (χ2v) is 5.47. The molecule has 132 valence electrons. The predicted octanol–water partition coefficient (Wildman–Crippen LogP) is 1.14. The molecule has 0 aromatic heterocycles. The van der Waals surface area contributed by atoms with Crippen LogP contribution >= 0.6 is 0 Å². The Labute approximate surface area is 137 Å². The third kappa shape index (κ3) is 3.68. The normalized spacial score (nSPS) is 22.0. The number of fused-ring (bicyclic) bond motifs is 1. The average molecular weight is 344 g/mol. The molecule has 0 spiro atoms. The van der Waals surface area contributed by atoms with Crippen molar-refractivity contribution in [2.24, 2.45) is 5.73 Å². The molecule has 0 unspecified atom stereocenters. The van der Waals surface area contributed by atoms with Crippen LogP contribution in [0, 0.1) is 0 Å². The van der Waals surface area contributed by atoms with Gasteiger partial charge in [-0.3, -0.25) is 4.79 Å². The van der Waals surface area contributed by atoms with Crippen LogP contribution in [-0.2, 0) is 16.1 Å². The van der Waals surface area contributed by atoms with Gasteiger partial charge in [0, 0.05) is 24.7 Å².